The number of imidazole rings is 1. The van der Waals surface area contributed by atoms with Gasteiger partial charge in [-0.05, 0) is 43.2 Å². The van der Waals surface area contributed by atoms with Crippen LogP contribution < -0.4 is 5.32 Å². The first-order valence-corrected chi connectivity index (χ1v) is 8.27. The fourth-order valence-electron chi connectivity index (χ4n) is 3.26. The van der Waals surface area contributed by atoms with Crippen molar-refractivity contribution in [2.24, 2.45) is 0 Å². The number of hydrogen-bond acceptors (Lipinski definition) is 2. The highest BCUT2D eigenvalue weighted by Crippen LogP contribution is 2.21. The molecule has 0 radical (unpaired) electrons. The Morgan fingerprint density at radius 2 is 2.00 bits per heavy atom. The Hall–Kier alpha value is -2.82. The van der Waals surface area contributed by atoms with Gasteiger partial charge < -0.3 is 14.8 Å². The van der Waals surface area contributed by atoms with Gasteiger partial charge in [0, 0.05) is 18.8 Å². The predicted molar refractivity (Wildman–Crippen MR) is 95.0 cm³/mol. The lowest BCUT2D eigenvalue weighted by Crippen LogP contribution is -2.34. The summed E-state index contributed by atoms with van der Waals surface area (Å²) < 4.78 is 2.23. The number of aromatic nitrogens is 2. The van der Waals surface area contributed by atoms with Crippen molar-refractivity contribution in [1.82, 2.24) is 14.5 Å². The maximum Gasteiger partial charge on any atom is 0.322 e. The number of hydrogen-bond donors (Lipinski definition) is 1. The number of anilines is 1. The van der Waals surface area contributed by atoms with E-state index in [-0.39, 0.29) is 6.03 Å². The van der Waals surface area contributed by atoms with Crippen LogP contribution in [0.15, 0.2) is 48.5 Å². The fourth-order valence-corrected chi connectivity index (χ4v) is 3.26. The van der Waals surface area contributed by atoms with E-state index in [1.807, 2.05) is 54.3 Å². The summed E-state index contributed by atoms with van der Waals surface area (Å²) in [4.78, 5) is 19.2. The largest absolute Gasteiger partial charge is 0.326 e. The SMILES string of the molecule is Cc1cccc(NC(=O)N2CCCn3c(nc4ccccc43)C2)c1. The topological polar surface area (TPSA) is 50.2 Å². The fraction of sp³-hybridized carbons (Fsp3) is 0.263. The number of para-hydroxylation sites is 2. The van der Waals surface area contributed by atoms with E-state index in [0.717, 1.165) is 47.6 Å². The van der Waals surface area contributed by atoms with E-state index < -0.39 is 0 Å². The number of rotatable bonds is 1. The van der Waals surface area contributed by atoms with Crippen LogP contribution in [-0.4, -0.2) is 27.0 Å². The number of nitrogens with one attached hydrogen (secondary N) is 1. The Morgan fingerprint density at radius 3 is 2.88 bits per heavy atom. The Morgan fingerprint density at radius 1 is 1.12 bits per heavy atom. The molecule has 1 aliphatic rings. The molecule has 4 rings (SSSR count). The molecule has 122 valence electrons. The minimum atomic E-state index is -0.0684. The minimum Gasteiger partial charge on any atom is -0.326 e. The Bertz CT molecular complexity index is 899. The summed E-state index contributed by atoms with van der Waals surface area (Å²) in [6.45, 7) is 4.18. The average Bonchev–Trinajstić information content (AvgIpc) is 2.78. The molecule has 2 heterocycles. The van der Waals surface area contributed by atoms with Crippen molar-refractivity contribution in [1.29, 1.82) is 0 Å². The molecule has 2 aromatic carbocycles. The molecule has 0 fully saturated rings. The number of amides is 2. The van der Waals surface area contributed by atoms with Gasteiger partial charge in [-0.25, -0.2) is 9.78 Å². The molecule has 1 aromatic heterocycles. The van der Waals surface area contributed by atoms with Gasteiger partial charge in [-0.3, -0.25) is 0 Å². The van der Waals surface area contributed by atoms with E-state index >= 15 is 0 Å². The highest BCUT2D eigenvalue weighted by atomic mass is 16.2. The van der Waals surface area contributed by atoms with Gasteiger partial charge in [-0.2, -0.15) is 0 Å². The normalized spacial score (nSPS) is 14.3. The molecule has 0 bridgehead atoms. The van der Waals surface area contributed by atoms with Gasteiger partial charge in [-0.15, -0.1) is 0 Å². The second-order valence-corrected chi connectivity index (χ2v) is 6.24. The summed E-state index contributed by atoms with van der Waals surface area (Å²) in [6.07, 6.45) is 0.925. The zero-order valence-corrected chi connectivity index (χ0v) is 13.7. The van der Waals surface area contributed by atoms with Crippen LogP contribution in [0.4, 0.5) is 10.5 Å². The van der Waals surface area contributed by atoms with Crippen LogP contribution in [0.25, 0.3) is 11.0 Å². The Balaban J connectivity index is 1.57. The maximum atomic E-state index is 12.6. The number of benzene rings is 2. The lowest BCUT2D eigenvalue weighted by molar-refractivity contribution is 0.209. The monoisotopic (exact) mass is 320 g/mol. The van der Waals surface area contributed by atoms with E-state index in [1.54, 1.807) is 0 Å². The molecule has 5 heteroatoms. The number of carbonyl (C=O) groups is 1. The summed E-state index contributed by atoms with van der Waals surface area (Å²) in [6, 6.07) is 15.9. The molecular weight excluding hydrogens is 300 g/mol. The predicted octanol–water partition coefficient (Wildman–Crippen LogP) is 3.78. The van der Waals surface area contributed by atoms with E-state index in [1.165, 1.54) is 0 Å². The van der Waals surface area contributed by atoms with Crippen LogP contribution in [0.3, 0.4) is 0 Å². The molecule has 0 spiro atoms. The number of carbonyl (C=O) groups excluding carboxylic acids is 1. The van der Waals surface area contributed by atoms with Crippen molar-refractivity contribution in [3.8, 4) is 0 Å². The molecule has 5 nitrogen and oxygen atoms in total. The Kier molecular flexibility index (Phi) is 3.69. The summed E-state index contributed by atoms with van der Waals surface area (Å²) in [5.41, 5.74) is 4.10. The van der Waals surface area contributed by atoms with Gasteiger partial charge in [0.25, 0.3) is 0 Å². The molecule has 1 N–H and O–H groups in total. The summed E-state index contributed by atoms with van der Waals surface area (Å²) in [5.74, 6) is 0.952. The third-order valence-corrected chi connectivity index (χ3v) is 4.43. The van der Waals surface area contributed by atoms with Gasteiger partial charge in [0.1, 0.15) is 5.82 Å². The molecule has 0 saturated heterocycles. The molecule has 2 amide bonds. The van der Waals surface area contributed by atoms with E-state index in [0.29, 0.717) is 6.54 Å². The van der Waals surface area contributed by atoms with Gasteiger partial charge in [0.2, 0.25) is 0 Å². The third-order valence-electron chi connectivity index (χ3n) is 4.43. The van der Waals surface area contributed by atoms with Crippen molar-refractivity contribution in [3.63, 3.8) is 0 Å². The molecule has 0 aliphatic carbocycles. The van der Waals surface area contributed by atoms with Crippen molar-refractivity contribution in [2.75, 3.05) is 11.9 Å². The molecule has 24 heavy (non-hydrogen) atoms. The second-order valence-electron chi connectivity index (χ2n) is 6.24. The first-order valence-electron chi connectivity index (χ1n) is 8.27. The summed E-state index contributed by atoms with van der Waals surface area (Å²) in [7, 11) is 0. The third kappa shape index (κ3) is 2.73. The number of fused-ring (bicyclic) bond motifs is 3. The minimum absolute atomic E-state index is 0.0684. The van der Waals surface area contributed by atoms with Crippen LogP contribution in [0.5, 0.6) is 0 Å². The second kappa shape index (κ2) is 6.00. The molecule has 0 unspecified atom stereocenters. The number of aryl methyl sites for hydroxylation is 2. The van der Waals surface area contributed by atoms with Crippen molar-refractivity contribution >= 4 is 22.8 Å². The molecule has 0 saturated carbocycles. The zero-order chi connectivity index (χ0) is 16.5. The lowest BCUT2D eigenvalue weighted by atomic mass is 10.2. The van der Waals surface area contributed by atoms with E-state index in [4.69, 9.17) is 4.98 Å². The highest BCUT2D eigenvalue weighted by Gasteiger charge is 2.21. The molecule has 0 atom stereocenters. The molecule has 1 aliphatic heterocycles. The first-order chi connectivity index (χ1) is 11.7. The quantitative estimate of drug-likeness (QED) is 0.742. The lowest BCUT2D eigenvalue weighted by Gasteiger charge is -2.20. The van der Waals surface area contributed by atoms with Crippen LogP contribution in [0.1, 0.15) is 17.8 Å². The van der Waals surface area contributed by atoms with E-state index in [2.05, 4.69) is 16.0 Å². The van der Waals surface area contributed by atoms with Crippen molar-refractivity contribution < 1.29 is 4.79 Å². The molecule has 3 aromatic rings. The van der Waals surface area contributed by atoms with Gasteiger partial charge in [0.05, 0.1) is 17.6 Å². The smallest absolute Gasteiger partial charge is 0.322 e. The highest BCUT2D eigenvalue weighted by molar-refractivity contribution is 5.89. The first kappa shape index (κ1) is 14.8. The van der Waals surface area contributed by atoms with Crippen LogP contribution >= 0.6 is 0 Å². The zero-order valence-electron chi connectivity index (χ0n) is 13.7. The number of urea groups is 1. The summed E-state index contributed by atoms with van der Waals surface area (Å²) in [5, 5.41) is 2.99. The number of nitrogens with zero attached hydrogens (tertiary/aromatic N) is 3. The molecular formula is C19H20N4O. The van der Waals surface area contributed by atoms with Crippen molar-refractivity contribution in [3.05, 3.63) is 59.9 Å². The van der Waals surface area contributed by atoms with Crippen LogP contribution in [0, 0.1) is 6.92 Å². The van der Waals surface area contributed by atoms with Gasteiger partial charge in [-0.1, -0.05) is 24.3 Å². The Labute approximate surface area is 140 Å². The average molecular weight is 320 g/mol. The van der Waals surface area contributed by atoms with Crippen molar-refractivity contribution in [2.45, 2.75) is 26.4 Å². The standard InChI is InChI=1S/C19H20N4O/c1-14-6-4-7-15(12-14)20-19(24)22-10-5-11-23-17-9-3-2-8-16(17)21-18(23)13-22/h2-4,6-9,12H,5,10-11,13H2,1H3,(H,20,24). The van der Waals surface area contributed by atoms with Gasteiger partial charge >= 0.3 is 6.03 Å². The van der Waals surface area contributed by atoms with Crippen LogP contribution in [0.2, 0.25) is 0 Å². The van der Waals surface area contributed by atoms with Crippen LogP contribution in [-0.2, 0) is 13.1 Å². The van der Waals surface area contributed by atoms with Gasteiger partial charge in [0.15, 0.2) is 0 Å². The summed E-state index contributed by atoms with van der Waals surface area (Å²) >= 11 is 0. The van der Waals surface area contributed by atoms with E-state index in [9.17, 15) is 4.79 Å². The maximum absolute atomic E-state index is 12.6.